The summed E-state index contributed by atoms with van der Waals surface area (Å²) in [6.07, 6.45) is 0. The van der Waals surface area contributed by atoms with Crippen molar-refractivity contribution < 1.29 is 0 Å². The van der Waals surface area contributed by atoms with E-state index >= 15 is 0 Å². The molecule has 0 unspecified atom stereocenters. The van der Waals surface area contributed by atoms with Gasteiger partial charge >= 0.3 is 0 Å². The summed E-state index contributed by atoms with van der Waals surface area (Å²) in [4.78, 5) is 2.45. The average Bonchev–Trinajstić information content (AvgIpc) is 2.03. The van der Waals surface area contributed by atoms with Gasteiger partial charge in [0.05, 0.1) is 4.55 Å². The summed E-state index contributed by atoms with van der Waals surface area (Å²) in [7, 11) is 0. The first-order chi connectivity index (χ1) is 5.41. The second-order valence-corrected chi connectivity index (χ2v) is 3.09. The first kappa shape index (κ1) is 10.5. The summed E-state index contributed by atoms with van der Waals surface area (Å²) in [6.45, 7) is 0. The monoisotopic (exact) mass is 322 g/mol. The van der Waals surface area contributed by atoms with Crippen LogP contribution in [0.1, 0.15) is 0 Å². The quantitative estimate of drug-likeness (QED) is 0.199. The lowest BCUT2D eigenvalue weighted by Gasteiger charge is -1.80. The molecule has 0 atom stereocenters. The van der Waals surface area contributed by atoms with Gasteiger partial charge in [0.25, 0.3) is 0 Å². The number of nitrogens with one attached hydrogen (secondary N) is 2. The van der Waals surface area contributed by atoms with Gasteiger partial charge in [0.15, 0.2) is 0 Å². The van der Waals surface area contributed by atoms with Crippen molar-refractivity contribution in [3.63, 3.8) is 0 Å². The van der Waals surface area contributed by atoms with Crippen LogP contribution in [-0.2, 0) is 0 Å². The van der Waals surface area contributed by atoms with Crippen LogP contribution < -0.4 is 5.32 Å². The molecular weight excluding hydrogens is 319 g/mol. The van der Waals surface area contributed by atoms with Gasteiger partial charge in [-0.1, -0.05) is 0 Å². The zero-order valence-corrected chi connectivity index (χ0v) is 9.21. The summed E-state index contributed by atoms with van der Waals surface area (Å²) in [5.74, 6) is 10.0. The van der Waals surface area contributed by atoms with Crippen molar-refractivity contribution in [2.45, 2.75) is 0 Å². The minimum Gasteiger partial charge on any atom is -0.334 e. The van der Waals surface area contributed by atoms with E-state index in [1.165, 1.54) is 0 Å². The fourth-order valence-electron chi connectivity index (χ4n) is 0.228. The molecule has 0 heterocycles. The molecule has 2 nitrogen and oxygen atoms in total. The van der Waals surface area contributed by atoms with Crippen LogP contribution in [0.3, 0.4) is 0 Å². The van der Waals surface area contributed by atoms with E-state index in [0.29, 0.717) is 4.55 Å². The molecule has 0 radical (unpaired) electrons. The summed E-state index contributed by atoms with van der Waals surface area (Å²) in [5, 5.41) is 2.75. The summed E-state index contributed by atoms with van der Waals surface area (Å²) in [6, 6.07) is 2.60. The van der Waals surface area contributed by atoms with Crippen molar-refractivity contribution in [1.82, 2.24) is 5.32 Å². The van der Waals surface area contributed by atoms with Gasteiger partial charge in [0.2, 0.25) is 0 Å². The molecule has 0 aromatic carbocycles. The molecule has 0 aliphatic rings. The fraction of sp³-hybridized carbons (Fsp3) is 0.143. The maximum absolute atomic E-state index is 6.86. The number of hydrogen-bond donors (Lipinski definition) is 2. The Morgan fingerprint density at radius 1 is 1.27 bits per heavy atom. The van der Waals surface area contributed by atoms with Crippen LogP contribution in [0.5, 0.6) is 0 Å². The minimum atomic E-state index is -0.469. The molecule has 4 heteroatoms. The summed E-state index contributed by atoms with van der Waals surface area (Å²) < 4.78 is 7.54. The Bertz CT molecular complexity index is 292. The van der Waals surface area contributed by atoms with E-state index in [4.69, 9.17) is 3.56 Å². The molecule has 2 N–H and O–H groups in total. The van der Waals surface area contributed by atoms with E-state index in [9.17, 15) is 0 Å². The highest BCUT2D eigenvalue weighted by Gasteiger charge is 1.66. The van der Waals surface area contributed by atoms with Crippen molar-refractivity contribution >= 4 is 37.0 Å². The lowest BCUT2D eigenvalue weighted by molar-refractivity contribution is 1.14. The molecule has 0 rings (SSSR count). The highest BCUT2D eigenvalue weighted by Crippen LogP contribution is 1.84. The topological polar surface area (TPSA) is 35.9 Å². The van der Waals surface area contributed by atoms with E-state index in [-0.39, 0.29) is 0 Å². The molecule has 0 aromatic heterocycles. The summed E-state index contributed by atoms with van der Waals surface area (Å²) in [5.41, 5.74) is 0. The third-order valence-corrected chi connectivity index (χ3v) is 1.48. The SMILES string of the molecule is N=ICNC#CC#CC#CBr. The van der Waals surface area contributed by atoms with Crippen LogP contribution in [0.4, 0.5) is 0 Å². The maximum atomic E-state index is 6.86. The molecule has 0 spiro atoms. The van der Waals surface area contributed by atoms with Gasteiger partial charge in [-0.25, -0.2) is 0 Å². The Labute approximate surface area is 84.6 Å². The van der Waals surface area contributed by atoms with Crippen LogP contribution in [0.2, 0.25) is 0 Å². The summed E-state index contributed by atoms with van der Waals surface area (Å²) >= 11 is 2.43. The molecular formula is C7H4BrIN2. The molecule has 56 valence electrons. The Hall–Kier alpha value is -0.510. The number of rotatable bonds is 2. The van der Waals surface area contributed by atoms with Crippen molar-refractivity contribution in [3.05, 3.63) is 0 Å². The van der Waals surface area contributed by atoms with E-state index < -0.39 is 21.0 Å². The number of halogens is 2. The van der Waals surface area contributed by atoms with Crippen LogP contribution >= 0.6 is 37.0 Å². The van der Waals surface area contributed by atoms with Gasteiger partial charge in [0.1, 0.15) is 0 Å². The second-order valence-electron chi connectivity index (χ2n) is 1.16. The van der Waals surface area contributed by atoms with E-state index in [0.717, 1.165) is 0 Å². The highest BCUT2D eigenvalue weighted by atomic mass is 127. The van der Waals surface area contributed by atoms with Gasteiger partial charge in [-0.3, -0.25) is 3.56 Å². The van der Waals surface area contributed by atoms with Crippen LogP contribution in [0.15, 0.2) is 0 Å². The normalized spacial score (nSPS) is 5.55. The van der Waals surface area contributed by atoms with Crippen molar-refractivity contribution in [1.29, 1.82) is 3.56 Å². The Balaban J connectivity index is 3.62. The molecule has 0 aromatic rings. The molecule has 0 saturated carbocycles. The van der Waals surface area contributed by atoms with Crippen molar-refractivity contribution in [3.8, 4) is 34.6 Å². The lowest BCUT2D eigenvalue weighted by atomic mass is 10.6. The molecule has 0 fully saturated rings. The Morgan fingerprint density at radius 3 is 2.64 bits per heavy atom. The number of hydrogen-bond acceptors (Lipinski definition) is 2. The van der Waals surface area contributed by atoms with Crippen LogP contribution in [0, 0.1) is 38.1 Å². The van der Waals surface area contributed by atoms with Gasteiger partial charge in [-0.05, 0) is 16.7 Å². The van der Waals surface area contributed by atoms with Gasteiger partial charge in [-0.15, -0.1) is 0 Å². The van der Waals surface area contributed by atoms with Gasteiger partial charge < -0.3 is 5.32 Å². The number of alkyl halides is 1. The second kappa shape index (κ2) is 9.49. The molecule has 0 amide bonds. The van der Waals surface area contributed by atoms with E-state index in [1.54, 1.807) is 0 Å². The molecule has 0 aliphatic heterocycles. The van der Waals surface area contributed by atoms with Gasteiger partial charge in [0, 0.05) is 54.8 Å². The fourth-order valence-corrected chi connectivity index (χ4v) is 0.709. The smallest absolute Gasteiger partial charge is 0.0859 e. The minimum absolute atomic E-state index is 0.469. The molecule has 0 aliphatic carbocycles. The van der Waals surface area contributed by atoms with Gasteiger partial charge in [-0.2, -0.15) is 0 Å². The first-order valence-corrected chi connectivity index (χ1v) is 5.90. The third-order valence-electron chi connectivity index (χ3n) is 0.519. The van der Waals surface area contributed by atoms with E-state index in [1.807, 2.05) is 0 Å². The van der Waals surface area contributed by atoms with Crippen LogP contribution in [0.25, 0.3) is 0 Å². The maximum Gasteiger partial charge on any atom is 0.0859 e. The third kappa shape index (κ3) is 9.49. The van der Waals surface area contributed by atoms with Crippen molar-refractivity contribution in [2.24, 2.45) is 0 Å². The molecule has 11 heavy (non-hydrogen) atoms. The zero-order valence-electron chi connectivity index (χ0n) is 5.46. The average molecular weight is 323 g/mol. The predicted molar refractivity (Wildman–Crippen MR) is 57.0 cm³/mol. The molecule has 0 saturated heterocycles. The highest BCUT2D eigenvalue weighted by molar-refractivity contribution is 14.1. The van der Waals surface area contributed by atoms with Crippen molar-refractivity contribution in [2.75, 3.05) is 4.55 Å². The standard InChI is InChI=1S/C7H4BrIN2/c8-5-3-1-2-4-6-11-7-9-10/h10-11H,7H2. The predicted octanol–water partition coefficient (Wildman–Crippen LogP) is 1.59. The van der Waals surface area contributed by atoms with Crippen LogP contribution in [-0.4, -0.2) is 4.55 Å². The Morgan fingerprint density at radius 2 is 2.00 bits per heavy atom. The largest absolute Gasteiger partial charge is 0.334 e. The zero-order chi connectivity index (χ0) is 8.36. The lowest BCUT2D eigenvalue weighted by Crippen LogP contribution is -1.99. The molecule has 0 bridgehead atoms. The Kier molecular flexibility index (Phi) is 9.05. The van der Waals surface area contributed by atoms with E-state index in [2.05, 4.69) is 55.8 Å². The first-order valence-electron chi connectivity index (χ1n) is 2.50.